The van der Waals surface area contributed by atoms with Crippen LogP contribution in [0.5, 0.6) is 0 Å². The predicted molar refractivity (Wildman–Crippen MR) is 86.7 cm³/mol. The van der Waals surface area contributed by atoms with Crippen LogP contribution in [-0.4, -0.2) is 12.6 Å². The summed E-state index contributed by atoms with van der Waals surface area (Å²) in [6.45, 7) is 0.725. The zero-order chi connectivity index (χ0) is 14.5. The average Bonchev–Trinajstić information content (AvgIpc) is 2.96. The number of allylic oxidation sites excluding steroid dienone is 1. The fourth-order valence-corrected chi connectivity index (χ4v) is 3.29. The summed E-state index contributed by atoms with van der Waals surface area (Å²) in [5.74, 6) is 0. The molecule has 0 aliphatic heterocycles. The average molecular weight is 284 g/mol. The van der Waals surface area contributed by atoms with Crippen molar-refractivity contribution >= 4 is 11.7 Å². The fourth-order valence-electron chi connectivity index (χ4n) is 3.29. The molecule has 0 saturated heterocycles. The maximum absolute atomic E-state index is 11.9. The van der Waals surface area contributed by atoms with Gasteiger partial charge in [-0.05, 0) is 74.6 Å². The van der Waals surface area contributed by atoms with Crippen molar-refractivity contribution in [1.29, 1.82) is 0 Å². The minimum Gasteiger partial charge on any atom is -0.338 e. The lowest BCUT2D eigenvalue weighted by Crippen LogP contribution is -2.29. The first-order valence-corrected chi connectivity index (χ1v) is 8.16. The second kappa shape index (κ2) is 6.79. The van der Waals surface area contributed by atoms with Crippen LogP contribution in [0.3, 0.4) is 0 Å². The highest BCUT2D eigenvalue weighted by Crippen LogP contribution is 2.24. The summed E-state index contributed by atoms with van der Waals surface area (Å²) in [4.78, 5) is 11.9. The second-order valence-corrected chi connectivity index (χ2v) is 6.08. The first-order valence-electron chi connectivity index (χ1n) is 8.16. The Labute approximate surface area is 126 Å². The number of hydrogen-bond donors (Lipinski definition) is 2. The summed E-state index contributed by atoms with van der Waals surface area (Å²) < 4.78 is 0. The van der Waals surface area contributed by atoms with Crippen molar-refractivity contribution < 1.29 is 4.79 Å². The second-order valence-electron chi connectivity index (χ2n) is 6.08. The van der Waals surface area contributed by atoms with Gasteiger partial charge in [-0.25, -0.2) is 4.79 Å². The third-order valence-electron chi connectivity index (χ3n) is 4.47. The van der Waals surface area contributed by atoms with Crippen LogP contribution in [-0.2, 0) is 12.8 Å². The molecule has 2 aliphatic carbocycles. The van der Waals surface area contributed by atoms with Crippen molar-refractivity contribution in [3.8, 4) is 0 Å². The predicted octanol–water partition coefficient (Wildman–Crippen LogP) is 4.19. The molecule has 0 unspecified atom stereocenters. The number of carbonyl (C=O) groups excluding carboxylic acids is 1. The van der Waals surface area contributed by atoms with E-state index >= 15 is 0 Å². The van der Waals surface area contributed by atoms with Gasteiger partial charge in [0.25, 0.3) is 0 Å². The Bertz CT molecular complexity index is 548. The standard InChI is InChI=1S/C18H24N2O/c21-18(19-12-11-14-5-2-1-3-6-14)20-17-10-9-15-7-4-8-16(15)13-17/h5,9-10,13H,1-4,6-8,11-12H2,(H2,19,20,21). The van der Waals surface area contributed by atoms with Crippen LogP contribution in [0.15, 0.2) is 29.8 Å². The topological polar surface area (TPSA) is 41.1 Å². The van der Waals surface area contributed by atoms with Crippen LogP contribution >= 0.6 is 0 Å². The molecule has 112 valence electrons. The van der Waals surface area contributed by atoms with E-state index in [4.69, 9.17) is 0 Å². The molecule has 0 aromatic heterocycles. The molecule has 3 heteroatoms. The summed E-state index contributed by atoms with van der Waals surface area (Å²) >= 11 is 0. The summed E-state index contributed by atoms with van der Waals surface area (Å²) in [7, 11) is 0. The van der Waals surface area contributed by atoms with Crippen LogP contribution in [0, 0.1) is 0 Å². The number of urea groups is 1. The van der Waals surface area contributed by atoms with Crippen molar-refractivity contribution in [1.82, 2.24) is 5.32 Å². The molecule has 2 N–H and O–H groups in total. The van der Waals surface area contributed by atoms with Crippen molar-refractivity contribution in [3.63, 3.8) is 0 Å². The van der Waals surface area contributed by atoms with Crippen molar-refractivity contribution in [3.05, 3.63) is 41.0 Å². The maximum atomic E-state index is 11.9. The number of hydrogen-bond acceptors (Lipinski definition) is 1. The summed E-state index contributed by atoms with van der Waals surface area (Å²) in [5, 5.41) is 5.90. The fraction of sp³-hybridized carbons (Fsp3) is 0.500. The van der Waals surface area contributed by atoms with Crippen molar-refractivity contribution in [2.75, 3.05) is 11.9 Å². The van der Waals surface area contributed by atoms with Gasteiger partial charge in [-0.15, -0.1) is 0 Å². The van der Waals surface area contributed by atoms with Gasteiger partial charge in [-0.1, -0.05) is 17.7 Å². The van der Waals surface area contributed by atoms with Gasteiger partial charge in [0, 0.05) is 12.2 Å². The molecular weight excluding hydrogens is 260 g/mol. The number of carbonyl (C=O) groups is 1. The highest BCUT2D eigenvalue weighted by atomic mass is 16.2. The Morgan fingerprint density at radius 3 is 2.81 bits per heavy atom. The molecule has 2 amide bonds. The molecule has 1 aromatic rings. The molecule has 0 heterocycles. The van der Waals surface area contributed by atoms with Gasteiger partial charge in [-0.2, -0.15) is 0 Å². The molecule has 0 fully saturated rings. The van der Waals surface area contributed by atoms with Crippen LogP contribution in [0.1, 0.15) is 49.7 Å². The normalized spacial score (nSPS) is 17.0. The van der Waals surface area contributed by atoms with Crippen LogP contribution < -0.4 is 10.6 Å². The Kier molecular flexibility index (Phi) is 4.59. The molecule has 3 nitrogen and oxygen atoms in total. The number of amides is 2. The molecule has 0 atom stereocenters. The highest BCUT2D eigenvalue weighted by Gasteiger charge is 2.11. The first-order chi connectivity index (χ1) is 10.3. The lowest BCUT2D eigenvalue weighted by Gasteiger charge is -2.13. The van der Waals surface area contributed by atoms with Gasteiger partial charge >= 0.3 is 6.03 Å². The molecule has 2 aliphatic rings. The Morgan fingerprint density at radius 2 is 1.95 bits per heavy atom. The summed E-state index contributed by atoms with van der Waals surface area (Å²) in [6.07, 6.45) is 11.9. The molecule has 0 spiro atoms. The number of aryl methyl sites for hydroxylation is 2. The van der Waals surface area contributed by atoms with Crippen molar-refractivity contribution in [2.45, 2.75) is 51.4 Å². The minimum absolute atomic E-state index is 0.0932. The van der Waals surface area contributed by atoms with E-state index in [-0.39, 0.29) is 6.03 Å². The van der Waals surface area contributed by atoms with E-state index < -0.39 is 0 Å². The van der Waals surface area contributed by atoms with E-state index in [2.05, 4.69) is 28.8 Å². The molecule has 21 heavy (non-hydrogen) atoms. The van der Waals surface area contributed by atoms with Gasteiger partial charge in [0.15, 0.2) is 0 Å². The molecule has 3 rings (SSSR count). The molecular formula is C18H24N2O. The van der Waals surface area contributed by atoms with Crippen LogP contribution in [0.2, 0.25) is 0 Å². The van der Waals surface area contributed by atoms with Crippen LogP contribution in [0.4, 0.5) is 10.5 Å². The summed E-state index contributed by atoms with van der Waals surface area (Å²) in [5.41, 5.74) is 5.23. The van der Waals surface area contributed by atoms with Gasteiger partial charge < -0.3 is 10.6 Å². The Hall–Kier alpha value is -1.77. The molecule has 0 radical (unpaired) electrons. The lowest BCUT2D eigenvalue weighted by molar-refractivity contribution is 0.252. The highest BCUT2D eigenvalue weighted by molar-refractivity contribution is 5.89. The van der Waals surface area contributed by atoms with E-state index in [0.29, 0.717) is 0 Å². The third kappa shape index (κ3) is 3.87. The van der Waals surface area contributed by atoms with E-state index in [1.165, 1.54) is 55.2 Å². The number of rotatable bonds is 4. The molecule has 0 bridgehead atoms. The maximum Gasteiger partial charge on any atom is 0.319 e. The Balaban J connectivity index is 1.44. The van der Waals surface area contributed by atoms with Gasteiger partial charge in [0.05, 0.1) is 0 Å². The van der Waals surface area contributed by atoms with Crippen molar-refractivity contribution in [2.24, 2.45) is 0 Å². The number of anilines is 1. The number of benzene rings is 1. The quantitative estimate of drug-likeness (QED) is 0.800. The van der Waals surface area contributed by atoms with E-state index in [9.17, 15) is 4.79 Å². The first kappa shape index (κ1) is 14.2. The summed E-state index contributed by atoms with van der Waals surface area (Å²) in [6, 6.07) is 6.17. The van der Waals surface area contributed by atoms with Gasteiger partial charge in [-0.3, -0.25) is 0 Å². The number of fused-ring (bicyclic) bond motifs is 1. The SMILES string of the molecule is O=C(NCCC1=CCCCC1)Nc1ccc2c(c1)CCC2. The van der Waals surface area contributed by atoms with E-state index in [1.54, 1.807) is 0 Å². The zero-order valence-electron chi connectivity index (χ0n) is 12.6. The largest absolute Gasteiger partial charge is 0.338 e. The zero-order valence-corrected chi connectivity index (χ0v) is 12.6. The smallest absolute Gasteiger partial charge is 0.319 e. The number of nitrogens with one attached hydrogen (secondary N) is 2. The molecule has 0 saturated carbocycles. The van der Waals surface area contributed by atoms with E-state index in [1.807, 2.05) is 6.07 Å². The van der Waals surface area contributed by atoms with E-state index in [0.717, 1.165) is 25.1 Å². The lowest BCUT2D eigenvalue weighted by atomic mass is 9.97. The molecule has 1 aromatic carbocycles. The third-order valence-corrected chi connectivity index (χ3v) is 4.47. The van der Waals surface area contributed by atoms with Gasteiger partial charge in [0.2, 0.25) is 0 Å². The monoisotopic (exact) mass is 284 g/mol. The Morgan fingerprint density at radius 1 is 1.05 bits per heavy atom. The van der Waals surface area contributed by atoms with Gasteiger partial charge in [0.1, 0.15) is 0 Å². The van der Waals surface area contributed by atoms with Crippen LogP contribution in [0.25, 0.3) is 0 Å². The minimum atomic E-state index is -0.0932.